The minimum Gasteiger partial charge on any atom is -0.291 e. The normalized spacial score (nSPS) is 26.3. The summed E-state index contributed by atoms with van der Waals surface area (Å²) in [4.78, 5) is 23.2. The van der Waals surface area contributed by atoms with Gasteiger partial charge in [0.15, 0.2) is 5.82 Å². The lowest BCUT2D eigenvalue weighted by Crippen LogP contribution is -2.34. The number of nitrogens with one attached hydrogen (secondary N) is 1. The molecule has 3 aromatic rings. The van der Waals surface area contributed by atoms with Gasteiger partial charge >= 0.3 is 0 Å². The maximum atomic E-state index is 13.1. The number of amides is 1. The van der Waals surface area contributed by atoms with Gasteiger partial charge in [0.05, 0.1) is 5.69 Å². The first-order chi connectivity index (χ1) is 13.1. The Hall–Kier alpha value is -2.73. The summed E-state index contributed by atoms with van der Waals surface area (Å²) in [6.07, 6.45) is 5.93. The molecule has 1 aliphatic carbocycles. The van der Waals surface area contributed by atoms with Crippen LogP contribution in [0.4, 0.5) is 5.82 Å². The van der Waals surface area contributed by atoms with Crippen molar-refractivity contribution in [2.45, 2.75) is 19.4 Å². The number of aromatic amines is 1. The average Bonchev–Trinajstić information content (AvgIpc) is 3.03. The van der Waals surface area contributed by atoms with Gasteiger partial charge in [-0.3, -0.25) is 19.8 Å². The summed E-state index contributed by atoms with van der Waals surface area (Å²) < 4.78 is 0. The molecule has 1 aliphatic heterocycles. The predicted octanol–water partition coefficient (Wildman–Crippen LogP) is 3.36. The van der Waals surface area contributed by atoms with E-state index in [4.69, 9.17) is 11.6 Å². The third-order valence-corrected chi connectivity index (χ3v) is 5.99. The first-order valence-corrected chi connectivity index (χ1v) is 9.40. The Morgan fingerprint density at radius 2 is 2.04 bits per heavy atom. The van der Waals surface area contributed by atoms with Crippen LogP contribution in [0.2, 0.25) is 5.15 Å². The number of H-pyrrole nitrogens is 1. The Bertz CT molecular complexity index is 987. The molecule has 7 heteroatoms. The Balaban J connectivity index is 1.40. The van der Waals surface area contributed by atoms with Crippen LogP contribution >= 0.6 is 11.6 Å². The van der Waals surface area contributed by atoms with Crippen molar-refractivity contribution < 1.29 is 4.79 Å². The number of piperidine rings is 1. The Labute approximate surface area is 161 Å². The van der Waals surface area contributed by atoms with Crippen molar-refractivity contribution in [2.24, 2.45) is 17.8 Å². The first-order valence-electron chi connectivity index (χ1n) is 9.03. The highest BCUT2D eigenvalue weighted by Crippen LogP contribution is 2.56. The largest absolute Gasteiger partial charge is 0.291 e. The number of nitrogens with zero attached hydrogens (tertiary/aromatic N) is 4. The minimum absolute atomic E-state index is 0.0333. The lowest BCUT2D eigenvalue weighted by atomic mass is 9.95. The molecule has 0 radical (unpaired) electrons. The summed E-state index contributed by atoms with van der Waals surface area (Å²) in [7, 11) is 0. The maximum Gasteiger partial charge on any atom is 0.232 e. The van der Waals surface area contributed by atoms with Crippen molar-refractivity contribution >= 4 is 23.3 Å². The van der Waals surface area contributed by atoms with Gasteiger partial charge in [-0.05, 0) is 42.0 Å². The van der Waals surface area contributed by atoms with Gasteiger partial charge in [0.25, 0.3) is 0 Å². The second-order valence-corrected chi connectivity index (χ2v) is 7.70. The van der Waals surface area contributed by atoms with Gasteiger partial charge in [-0.15, -0.1) is 0 Å². The highest BCUT2D eigenvalue weighted by molar-refractivity contribution is 6.29. The molecule has 5 rings (SSSR count). The number of fused-ring (bicyclic) bond motifs is 1. The fraction of sp³-hybridized carbons (Fsp3) is 0.300. The van der Waals surface area contributed by atoms with Gasteiger partial charge in [-0.2, -0.15) is 5.10 Å². The van der Waals surface area contributed by atoms with E-state index in [1.807, 2.05) is 29.2 Å². The summed E-state index contributed by atoms with van der Waals surface area (Å²) in [5, 5.41) is 7.94. The van der Waals surface area contributed by atoms with E-state index >= 15 is 0 Å². The molecular formula is C20H18ClN5O. The molecule has 1 saturated carbocycles. The van der Waals surface area contributed by atoms with Gasteiger partial charge < -0.3 is 0 Å². The Morgan fingerprint density at radius 3 is 2.78 bits per heavy atom. The first kappa shape index (κ1) is 16.4. The molecule has 27 heavy (non-hydrogen) atoms. The second kappa shape index (κ2) is 6.16. The van der Waals surface area contributed by atoms with Crippen LogP contribution < -0.4 is 4.90 Å². The van der Waals surface area contributed by atoms with Crippen LogP contribution in [-0.4, -0.2) is 32.1 Å². The number of hydrogen-bond donors (Lipinski definition) is 1. The van der Waals surface area contributed by atoms with Crippen LogP contribution in [0, 0.1) is 17.8 Å². The standard InChI is InChI=1S/C20H18ClN5O/c1-11-18-14(8-12-2-3-16(21)23-10-12)20(27)26(19(11)18)17-9-15(24-25-17)13-4-6-22-7-5-13/h2-7,9-11,14,18-19H,8H2,1H3,(H,24,25)/t11-,14+,18-,19-/m0/s1. The Kier molecular flexibility index (Phi) is 3.75. The van der Waals surface area contributed by atoms with Crippen molar-refractivity contribution in [2.75, 3.05) is 4.90 Å². The van der Waals surface area contributed by atoms with Crippen LogP contribution in [0.25, 0.3) is 11.3 Å². The lowest BCUT2D eigenvalue weighted by molar-refractivity contribution is -0.121. The predicted molar refractivity (Wildman–Crippen MR) is 102 cm³/mol. The topological polar surface area (TPSA) is 74.8 Å². The van der Waals surface area contributed by atoms with E-state index < -0.39 is 0 Å². The van der Waals surface area contributed by atoms with Crippen molar-refractivity contribution in [1.82, 2.24) is 20.2 Å². The van der Waals surface area contributed by atoms with Gasteiger partial charge in [0.2, 0.25) is 5.91 Å². The van der Waals surface area contributed by atoms with Crippen molar-refractivity contribution in [3.05, 3.63) is 59.6 Å². The number of pyridine rings is 2. The maximum absolute atomic E-state index is 13.1. The van der Waals surface area contributed by atoms with E-state index in [-0.39, 0.29) is 17.9 Å². The lowest BCUT2D eigenvalue weighted by Gasteiger charge is -2.20. The monoisotopic (exact) mass is 379 g/mol. The summed E-state index contributed by atoms with van der Waals surface area (Å²) in [5.41, 5.74) is 2.92. The van der Waals surface area contributed by atoms with Crippen LogP contribution in [0.3, 0.4) is 0 Å². The number of hydrogen-bond acceptors (Lipinski definition) is 4. The van der Waals surface area contributed by atoms with Crippen LogP contribution in [0.5, 0.6) is 0 Å². The molecule has 0 spiro atoms. The summed E-state index contributed by atoms with van der Waals surface area (Å²) in [6, 6.07) is 9.74. The van der Waals surface area contributed by atoms with Gasteiger partial charge in [-0.1, -0.05) is 24.6 Å². The molecule has 2 fully saturated rings. The van der Waals surface area contributed by atoms with Crippen molar-refractivity contribution in [1.29, 1.82) is 0 Å². The fourth-order valence-electron chi connectivity index (χ4n) is 4.36. The highest BCUT2D eigenvalue weighted by Gasteiger charge is 2.64. The smallest absolute Gasteiger partial charge is 0.232 e. The van der Waals surface area contributed by atoms with E-state index in [9.17, 15) is 4.79 Å². The molecule has 6 nitrogen and oxygen atoms in total. The fourth-order valence-corrected chi connectivity index (χ4v) is 4.47. The Morgan fingerprint density at radius 1 is 1.22 bits per heavy atom. The SMILES string of the molecule is C[C@H]1[C@@H]2[C@H]1N(c1cc(-c3ccncc3)[nH]n1)C(=O)[C@@H]2Cc1ccc(Cl)nc1. The molecule has 1 saturated heterocycles. The number of halogens is 1. The molecule has 136 valence electrons. The zero-order valence-electron chi connectivity index (χ0n) is 14.7. The van der Waals surface area contributed by atoms with E-state index in [2.05, 4.69) is 27.1 Å². The number of anilines is 1. The molecule has 4 atom stereocenters. The van der Waals surface area contributed by atoms with Gasteiger partial charge in [0, 0.05) is 42.2 Å². The van der Waals surface area contributed by atoms with E-state index in [0.717, 1.165) is 16.8 Å². The molecule has 2 aliphatic rings. The number of aromatic nitrogens is 4. The average molecular weight is 380 g/mol. The summed E-state index contributed by atoms with van der Waals surface area (Å²) >= 11 is 5.87. The number of rotatable bonds is 4. The van der Waals surface area contributed by atoms with Gasteiger partial charge in [0.1, 0.15) is 5.15 Å². The molecule has 0 aromatic carbocycles. The molecule has 0 bridgehead atoms. The molecule has 1 amide bonds. The molecule has 0 unspecified atom stereocenters. The third kappa shape index (κ3) is 2.72. The minimum atomic E-state index is -0.0333. The van der Waals surface area contributed by atoms with Gasteiger partial charge in [-0.25, -0.2) is 4.98 Å². The van der Waals surface area contributed by atoms with E-state index in [1.54, 1.807) is 24.7 Å². The quantitative estimate of drug-likeness (QED) is 0.705. The van der Waals surface area contributed by atoms with E-state index in [1.165, 1.54) is 0 Å². The van der Waals surface area contributed by atoms with Crippen LogP contribution in [0.1, 0.15) is 12.5 Å². The number of carbonyl (C=O) groups excluding carboxylic acids is 1. The molecular weight excluding hydrogens is 362 g/mol. The van der Waals surface area contributed by atoms with Crippen molar-refractivity contribution in [3.63, 3.8) is 0 Å². The zero-order valence-corrected chi connectivity index (χ0v) is 15.5. The van der Waals surface area contributed by atoms with Crippen LogP contribution in [-0.2, 0) is 11.2 Å². The third-order valence-electron chi connectivity index (χ3n) is 5.76. The number of carbonyl (C=O) groups is 1. The zero-order chi connectivity index (χ0) is 18.5. The van der Waals surface area contributed by atoms with Crippen LogP contribution in [0.15, 0.2) is 48.9 Å². The molecule has 1 N–H and O–H groups in total. The summed E-state index contributed by atoms with van der Waals surface area (Å²) in [6.45, 7) is 2.21. The molecule has 3 aromatic heterocycles. The second-order valence-electron chi connectivity index (χ2n) is 7.31. The summed E-state index contributed by atoms with van der Waals surface area (Å²) in [5.74, 6) is 1.66. The van der Waals surface area contributed by atoms with E-state index in [0.29, 0.717) is 29.2 Å². The van der Waals surface area contributed by atoms with Crippen molar-refractivity contribution in [3.8, 4) is 11.3 Å². The molecule has 4 heterocycles. The highest BCUT2D eigenvalue weighted by atomic mass is 35.5.